The van der Waals surface area contributed by atoms with E-state index in [4.69, 9.17) is 4.98 Å². The molecular formula is C21H18N4OS2. The number of benzene rings is 2. The summed E-state index contributed by atoms with van der Waals surface area (Å²) < 4.78 is 0.863. The number of aromatic nitrogens is 3. The molecule has 1 N–H and O–H groups in total. The molecule has 0 spiro atoms. The smallest absolute Gasteiger partial charge is 0.258 e. The first-order valence-electron chi connectivity index (χ1n) is 8.97. The van der Waals surface area contributed by atoms with Crippen LogP contribution >= 0.6 is 23.1 Å². The fourth-order valence-corrected chi connectivity index (χ4v) is 4.46. The van der Waals surface area contributed by atoms with Gasteiger partial charge in [0.1, 0.15) is 0 Å². The maximum absolute atomic E-state index is 13.0. The van der Waals surface area contributed by atoms with Crippen LogP contribution in [0.5, 0.6) is 0 Å². The van der Waals surface area contributed by atoms with Crippen LogP contribution in [0.3, 0.4) is 0 Å². The van der Waals surface area contributed by atoms with E-state index in [1.54, 1.807) is 11.8 Å². The van der Waals surface area contributed by atoms with Crippen LogP contribution < -0.4 is 5.32 Å². The standard InChI is InChI=1S/C21H18N4OS2/c1-2-12-27-21-25-24-20(28-21)23-19(26)16-13-18(14-8-4-3-5-9-14)22-17-11-7-6-10-15(16)17/h3-11,13H,2,12H2,1H3,(H,23,24,26). The topological polar surface area (TPSA) is 67.8 Å². The summed E-state index contributed by atoms with van der Waals surface area (Å²) in [6.07, 6.45) is 1.07. The Labute approximate surface area is 171 Å². The minimum absolute atomic E-state index is 0.209. The summed E-state index contributed by atoms with van der Waals surface area (Å²) in [5.74, 6) is 0.775. The van der Waals surface area contributed by atoms with Crippen molar-refractivity contribution in [3.63, 3.8) is 0 Å². The fourth-order valence-electron chi connectivity index (χ4n) is 2.79. The Morgan fingerprint density at radius 2 is 1.86 bits per heavy atom. The summed E-state index contributed by atoms with van der Waals surface area (Å²) in [5, 5.41) is 12.4. The van der Waals surface area contributed by atoms with Crippen molar-refractivity contribution in [3.05, 3.63) is 66.2 Å². The number of anilines is 1. The van der Waals surface area contributed by atoms with Crippen LogP contribution in [0, 0.1) is 0 Å². The van der Waals surface area contributed by atoms with Crippen LogP contribution in [0.2, 0.25) is 0 Å². The Morgan fingerprint density at radius 1 is 1.07 bits per heavy atom. The second-order valence-corrected chi connectivity index (χ2v) is 8.43. The van der Waals surface area contributed by atoms with Crippen molar-refractivity contribution in [2.24, 2.45) is 0 Å². The van der Waals surface area contributed by atoms with Crippen molar-refractivity contribution >= 4 is 45.0 Å². The van der Waals surface area contributed by atoms with Gasteiger partial charge < -0.3 is 0 Å². The molecule has 0 aliphatic carbocycles. The number of hydrogen-bond donors (Lipinski definition) is 1. The molecule has 0 atom stereocenters. The van der Waals surface area contributed by atoms with Gasteiger partial charge in [0.05, 0.1) is 16.8 Å². The molecule has 0 aliphatic heterocycles. The molecule has 2 aromatic carbocycles. The second kappa shape index (κ2) is 8.50. The van der Waals surface area contributed by atoms with Crippen LogP contribution in [0.25, 0.3) is 22.2 Å². The van der Waals surface area contributed by atoms with Gasteiger partial charge in [-0.05, 0) is 18.6 Å². The van der Waals surface area contributed by atoms with E-state index in [0.717, 1.165) is 38.7 Å². The third-order valence-electron chi connectivity index (χ3n) is 4.09. The summed E-state index contributed by atoms with van der Waals surface area (Å²) in [6.45, 7) is 2.12. The lowest BCUT2D eigenvalue weighted by molar-refractivity contribution is 0.102. The van der Waals surface area contributed by atoms with Crippen molar-refractivity contribution in [1.29, 1.82) is 0 Å². The Bertz CT molecular complexity index is 1110. The first-order chi connectivity index (χ1) is 13.7. The molecule has 0 radical (unpaired) electrons. The van der Waals surface area contributed by atoms with E-state index >= 15 is 0 Å². The number of fused-ring (bicyclic) bond motifs is 1. The molecule has 4 rings (SSSR count). The highest BCUT2D eigenvalue weighted by atomic mass is 32.2. The van der Waals surface area contributed by atoms with Gasteiger partial charge in [0.2, 0.25) is 5.13 Å². The Kier molecular flexibility index (Phi) is 5.64. The van der Waals surface area contributed by atoms with E-state index < -0.39 is 0 Å². The zero-order valence-electron chi connectivity index (χ0n) is 15.3. The van der Waals surface area contributed by atoms with Gasteiger partial charge in [-0.25, -0.2) is 4.98 Å². The fraction of sp³-hybridized carbons (Fsp3) is 0.143. The zero-order valence-corrected chi connectivity index (χ0v) is 16.9. The van der Waals surface area contributed by atoms with Gasteiger partial charge in [0.15, 0.2) is 4.34 Å². The lowest BCUT2D eigenvalue weighted by Crippen LogP contribution is -2.13. The molecule has 2 aromatic heterocycles. The summed E-state index contributed by atoms with van der Waals surface area (Å²) in [4.78, 5) is 17.8. The highest BCUT2D eigenvalue weighted by Crippen LogP contribution is 2.28. The molecule has 4 aromatic rings. The Morgan fingerprint density at radius 3 is 2.68 bits per heavy atom. The number of hydrogen-bond acceptors (Lipinski definition) is 6. The van der Waals surface area contributed by atoms with Gasteiger partial charge in [-0.15, -0.1) is 10.2 Å². The lowest BCUT2D eigenvalue weighted by atomic mass is 10.0. The van der Waals surface area contributed by atoms with Crippen molar-refractivity contribution < 1.29 is 4.79 Å². The minimum atomic E-state index is -0.209. The molecular weight excluding hydrogens is 388 g/mol. The van der Waals surface area contributed by atoms with Gasteiger partial charge in [-0.3, -0.25) is 10.1 Å². The normalized spacial score (nSPS) is 10.9. The number of nitrogens with one attached hydrogen (secondary N) is 1. The third kappa shape index (κ3) is 4.05. The van der Waals surface area contributed by atoms with Gasteiger partial charge in [-0.1, -0.05) is 78.6 Å². The SMILES string of the molecule is CCCSc1nnc(NC(=O)c2cc(-c3ccccc3)nc3ccccc23)s1. The largest absolute Gasteiger partial charge is 0.296 e. The predicted octanol–water partition coefficient (Wildman–Crippen LogP) is 5.51. The Balaban J connectivity index is 1.68. The number of carbonyl (C=O) groups excluding carboxylic acids is 1. The van der Waals surface area contributed by atoms with Crippen LogP contribution in [0.15, 0.2) is 65.0 Å². The lowest BCUT2D eigenvalue weighted by Gasteiger charge is -2.09. The van der Waals surface area contributed by atoms with Crippen molar-refractivity contribution in [3.8, 4) is 11.3 Å². The maximum atomic E-state index is 13.0. The molecule has 0 saturated carbocycles. The van der Waals surface area contributed by atoms with Gasteiger partial charge in [-0.2, -0.15) is 0 Å². The zero-order chi connectivity index (χ0) is 19.3. The minimum Gasteiger partial charge on any atom is -0.296 e. The molecule has 28 heavy (non-hydrogen) atoms. The highest BCUT2D eigenvalue weighted by molar-refractivity contribution is 8.01. The van der Waals surface area contributed by atoms with E-state index in [2.05, 4.69) is 22.4 Å². The molecule has 5 nitrogen and oxygen atoms in total. The summed E-state index contributed by atoms with van der Waals surface area (Å²) in [5.41, 5.74) is 3.09. The van der Waals surface area contributed by atoms with E-state index in [1.165, 1.54) is 11.3 Å². The number of carbonyl (C=O) groups is 1. The molecule has 140 valence electrons. The number of pyridine rings is 1. The van der Waals surface area contributed by atoms with Gasteiger partial charge in [0, 0.05) is 16.7 Å². The van der Waals surface area contributed by atoms with Crippen LogP contribution in [0.4, 0.5) is 5.13 Å². The summed E-state index contributed by atoms with van der Waals surface area (Å²) >= 11 is 3.05. The number of thioether (sulfide) groups is 1. The number of para-hydroxylation sites is 1. The van der Waals surface area contributed by atoms with E-state index in [9.17, 15) is 4.79 Å². The average Bonchev–Trinajstić information content (AvgIpc) is 3.19. The van der Waals surface area contributed by atoms with E-state index in [0.29, 0.717) is 10.7 Å². The number of nitrogens with zero attached hydrogens (tertiary/aromatic N) is 3. The van der Waals surface area contributed by atoms with E-state index in [1.807, 2.05) is 60.7 Å². The molecule has 0 fully saturated rings. The molecule has 1 amide bonds. The summed E-state index contributed by atoms with van der Waals surface area (Å²) in [6, 6.07) is 19.4. The summed E-state index contributed by atoms with van der Waals surface area (Å²) in [7, 11) is 0. The molecule has 7 heteroatoms. The predicted molar refractivity (Wildman–Crippen MR) is 116 cm³/mol. The molecule has 0 aliphatic rings. The maximum Gasteiger partial charge on any atom is 0.258 e. The third-order valence-corrected chi connectivity index (χ3v) is 6.26. The highest BCUT2D eigenvalue weighted by Gasteiger charge is 2.16. The van der Waals surface area contributed by atoms with Gasteiger partial charge >= 0.3 is 0 Å². The molecule has 0 bridgehead atoms. The number of rotatable bonds is 6. The van der Waals surface area contributed by atoms with E-state index in [-0.39, 0.29) is 5.91 Å². The van der Waals surface area contributed by atoms with Crippen molar-refractivity contribution in [2.45, 2.75) is 17.7 Å². The first-order valence-corrected chi connectivity index (χ1v) is 10.8. The average molecular weight is 407 g/mol. The first kappa shape index (κ1) is 18.6. The van der Waals surface area contributed by atoms with Crippen LogP contribution in [-0.2, 0) is 0 Å². The quantitative estimate of drug-likeness (QED) is 0.338. The molecule has 2 heterocycles. The van der Waals surface area contributed by atoms with Crippen LogP contribution in [-0.4, -0.2) is 26.8 Å². The molecule has 0 unspecified atom stereocenters. The number of amides is 1. The monoisotopic (exact) mass is 406 g/mol. The van der Waals surface area contributed by atoms with Gasteiger partial charge in [0.25, 0.3) is 5.91 Å². The second-order valence-electron chi connectivity index (χ2n) is 6.11. The Hall–Kier alpha value is -2.77. The van der Waals surface area contributed by atoms with Crippen molar-refractivity contribution in [1.82, 2.24) is 15.2 Å². The van der Waals surface area contributed by atoms with Crippen LogP contribution in [0.1, 0.15) is 23.7 Å². The molecule has 0 saturated heterocycles. The van der Waals surface area contributed by atoms with Crippen molar-refractivity contribution in [2.75, 3.05) is 11.1 Å².